The van der Waals surface area contributed by atoms with Gasteiger partial charge in [-0.2, -0.15) is 0 Å². The molecule has 0 aromatic heterocycles. The molecule has 0 saturated carbocycles. The molecule has 0 fully saturated rings. The number of anilines is 1. The minimum atomic E-state index is 0.860. The molecule has 1 aliphatic carbocycles. The topological polar surface area (TPSA) is 3.24 Å². The van der Waals surface area contributed by atoms with Crippen molar-refractivity contribution in [2.24, 2.45) is 0 Å². The van der Waals surface area contributed by atoms with E-state index in [1.165, 1.54) is 27.9 Å². The Hall–Kier alpha value is -1.47. The van der Waals surface area contributed by atoms with Crippen molar-refractivity contribution in [1.29, 1.82) is 0 Å². The number of benzene rings is 2. The molecule has 98 valence electrons. The van der Waals surface area contributed by atoms with Crippen LogP contribution in [0.4, 0.5) is 5.69 Å². The van der Waals surface area contributed by atoms with E-state index < -0.39 is 0 Å². The first kappa shape index (κ1) is 12.6. The summed E-state index contributed by atoms with van der Waals surface area (Å²) in [4.78, 5) is 2.31. The number of halogens is 1. The van der Waals surface area contributed by atoms with Crippen molar-refractivity contribution >= 4 is 17.3 Å². The Morgan fingerprint density at radius 2 is 1.74 bits per heavy atom. The highest BCUT2D eigenvalue weighted by Crippen LogP contribution is 2.41. The summed E-state index contributed by atoms with van der Waals surface area (Å²) < 4.78 is 0. The Morgan fingerprint density at radius 3 is 2.47 bits per heavy atom. The maximum atomic E-state index is 6.49. The van der Waals surface area contributed by atoms with E-state index in [4.69, 9.17) is 11.6 Å². The highest BCUT2D eigenvalue weighted by molar-refractivity contribution is 6.33. The van der Waals surface area contributed by atoms with E-state index in [9.17, 15) is 0 Å². The van der Waals surface area contributed by atoms with Crippen LogP contribution in [0, 0.1) is 0 Å². The van der Waals surface area contributed by atoms with Gasteiger partial charge in [0.25, 0.3) is 0 Å². The van der Waals surface area contributed by atoms with Crippen molar-refractivity contribution in [3.8, 4) is 11.1 Å². The Kier molecular flexibility index (Phi) is 3.24. The number of hydrogen-bond donors (Lipinski definition) is 0. The molecule has 1 nitrogen and oxygen atoms in total. The molecule has 19 heavy (non-hydrogen) atoms. The van der Waals surface area contributed by atoms with Gasteiger partial charge in [0.05, 0.1) is 10.7 Å². The van der Waals surface area contributed by atoms with Gasteiger partial charge in [0.15, 0.2) is 0 Å². The van der Waals surface area contributed by atoms with Gasteiger partial charge in [0.2, 0.25) is 0 Å². The zero-order chi connectivity index (χ0) is 13.4. The minimum absolute atomic E-state index is 0.860. The third kappa shape index (κ3) is 2.02. The maximum Gasteiger partial charge on any atom is 0.0645 e. The summed E-state index contributed by atoms with van der Waals surface area (Å²) in [5, 5.41) is 0.860. The van der Waals surface area contributed by atoms with E-state index in [1.54, 1.807) is 0 Å². The normalized spacial score (nSPS) is 12.2. The predicted molar refractivity (Wildman–Crippen MR) is 83.3 cm³/mol. The van der Waals surface area contributed by atoms with Gasteiger partial charge in [-0.25, -0.2) is 0 Å². The van der Waals surface area contributed by atoms with E-state index >= 15 is 0 Å². The summed E-state index contributed by atoms with van der Waals surface area (Å²) in [5.41, 5.74) is 6.61. The van der Waals surface area contributed by atoms with Gasteiger partial charge in [-0.1, -0.05) is 35.9 Å². The average Bonchev–Trinajstić information content (AvgIpc) is 2.78. The summed E-state index contributed by atoms with van der Waals surface area (Å²) in [6.45, 7) is 6.31. The lowest BCUT2D eigenvalue weighted by Crippen LogP contribution is -2.22. The van der Waals surface area contributed by atoms with E-state index in [-0.39, 0.29) is 0 Å². The van der Waals surface area contributed by atoms with Gasteiger partial charge in [-0.05, 0) is 54.7 Å². The summed E-state index contributed by atoms with van der Waals surface area (Å²) in [5.74, 6) is 0. The standard InChI is InChI=1S/C17H18ClN/c1-3-19(4-2)17-10-13-9-12-7-5-6-8-14(12)15(13)11-16(17)18/h5-8,10-11H,3-4,9H2,1-2H3. The SMILES string of the molecule is CCN(CC)c1cc2c(cc1Cl)-c1ccccc1C2. The quantitative estimate of drug-likeness (QED) is 0.664. The van der Waals surface area contributed by atoms with Crippen LogP contribution >= 0.6 is 11.6 Å². The molecule has 0 amide bonds. The van der Waals surface area contributed by atoms with Gasteiger partial charge in [-0.3, -0.25) is 0 Å². The number of hydrogen-bond acceptors (Lipinski definition) is 1. The fourth-order valence-corrected chi connectivity index (χ4v) is 3.23. The average molecular weight is 272 g/mol. The van der Waals surface area contributed by atoms with E-state index in [2.05, 4.69) is 55.1 Å². The Morgan fingerprint density at radius 1 is 1.00 bits per heavy atom. The first-order valence-electron chi connectivity index (χ1n) is 6.90. The first-order chi connectivity index (χ1) is 9.24. The zero-order valence-corrected chi connectivity index (χ0v) is 12.2. The molecule has 2 heteroatoms. The molecule has 0 aliphatic heterocycles. The molecule has 2 aromatic carbocycles. The molecule has 0 saturated heterocycles. The van der Waals surface area contributed by atoms with Crippen LogP contribution in [-0.4, -0.2) is 13.1 Å². The molecule has 0 radical (unpaired) electrons. The van der Waals surface area contributed by atoms with Gasteiger partial charge >= 0.3 is 0 Å². The summed E-state index contributed by atoms with van der Waals surface area (Å²) in [6, 6.07) is 13.0. The van der Waals surface area contributed by atoms with Gasteiger partial charge in [-0.15, -0.1) is 0 Å². The van der Waals surface area contributed by atoms with Crippen LogP contribution in [0.5, 0.6) is 0 Å². The second-order valence-electron chi connectivity index (χ2n) is 4.97. The van der Waals surface area contributed by atoms with Crippen molar-refractivity contribution in [2.45, 2.75) is 20.3 Å². The minimum Gasteiger partial charge on any atom is -0.371 e. The Labute approximate surface area is 119 Å². The second-order valence-corrected chi connectivity index (χ2v) is 5.37. The molecule has 0 heterocycles. The summed E-state index contributed by atoms with van der Waals surface area (Å²) >= 11 is 6.49. The molecule has 0 unspecified atom stereocenters. The molecule has 3 rings (SSSR count). The lowest BCUT2D eigenvalue weighted by molar-refractivity contribution is 0.865. The number of rotatable bonds is 3. The molecular weight excluding hydrogens is 254 g/mol. The van der Waals surface area contributed by atoms with Crippen LogP contribution in [-0.2, 0) is 6.42 Å². The van der Waals surface area contributed by atoms with Crippen LogP contribution in [0.25, 0.3) is 11.1 Å². The molecule has 0 spiro atoms. The van der Waals surface area contributed by atoms with Crippen molar-refractivity contribution < 1.29 is 0 Å². The number of nitrogens with zero attached hydrogens (tertiary/aromatic N) is 1. The molecule has 0 N–H and O–H groups in total. The molecule has 0 bridgehead atoms. The molecule has 1 aliphatic rings. The van der Waals surface area contributed by atoms with Crippen LogP contribution in [0.2, 0.25) is 5.02 Å². The van der Waals surface area contributed by atoms with Gasteiger partial charge < -0.3 is 4.90 Å². The van der Waals surface area contributed by atoms with Gasteiger partial charge in [0.1, 0.15) is 0 Å². The third-order valence-electron chi connectivity index (χ3n) is 3.97. The fraction of sp³-hybridized carbons (Fsp3) is 0.294. The van der Waals surface area contributed by atoms with Crippen molar-refractivity contribution in [1.82, 2.24) is 0 Å². The van der Waals surface area contributed by atoms with Gasteiger partial charge in [0, 0.05) is 13.1 Å². The highest BCUT2D eigenvalue weighted by Gasteiger charge is 2.20. The Bertz CT molecular complexity index is 615. The van der Waals surface area contributed by atoms with Crippen LogP contribution in [0.15, 0.2) is 36.4 Å². The second kappa shape index (κ2) is 4.90. The van der Waals surface area contributed by atoms with Crippen molar-refractivity contribution in [3.05, 3.63) is 52.5 Å². The monoisotopic (exact) mass is 271 g/mol. The van der Waals surface area contributed by atoms with Crippen LogP contribution in [0.1, 0.15) is 25.0 Å². The van der Waals surface area contributed by atoms with E-state index in [1.807, 2.05) is 0 Å². The van der Waals surface area contributed by atoms with E-state index in [0.29, 0.717) is 0 Å². The number of fused-ring (bicyclic) bond motifs is 3. The lowest BCUT2D eigenvalue weighted by atomic mass is 10.1. The van der Waals surface area contributed by atoms with Crippen LogP contribution in [0.3, 0.4) is 0 Å². The summed E-state index contributed by atoms with van der Waals surface area (Å²) in [6.07, 6.45) is 1.02. The van der Waals surface area contributed by atoms with Crippen molar-refractivity contribution in [3.63, 3.8) is 0 Å². The molecular formula is C17H18ClN. The van der Waals surface area contributed by atoms with Crippen LogP contribution < -0.4 is 4.90 Å². The molecule has 0 atom stereocenters. The summed E-state index contributed by atoms with van der Waals surface area (Å²) in [7, 11) is 0. The maximum absolute atomic E-state index is 6.49. The molecule has 2 aromatic rings. The zero-order valence-electron chi connectivity index (χ0n) is 11.4. The van der Waals surface area contributed by atoms with Crippen molar-refractivity contribution in [2.75, 3.05) is 18.0 Å². The Balaban J connectivity index is 2.11. The van der Waals surface area contributed by atoms with E-state index in [0.717, 1.165) is 24.5 Å². The third-order valence-corrected chi connectivity index (χ3v) is 4.27. The highest BCUT2D eigenvalue weighted by atomic mass is 35.5. The predicted octanol–water partition coefficient (Wildman–Crippen LogP) is 4.76. The lowest BCUT2D eigenvalue weighted by Gasteiger charge is -2.23. The first-order valence-corrected chi connectivity index (χ1v) is 7.28. The fourth-order valence-electron chi connectivity index (χ4n) is 2.95. The largest absolute Gasteiger partial charge is 0.371 e. The smallest absolute Gasteiger partial charge is 0.0645 e.